The molecule has 4 heteroatoms. The first-order valence-corrected chi connectivity index (χ1v) is 6.96. The molecular weight excluding hydrogens is 238 g/mol. The molecule has 1 aromatic rings. The maximum atomic E-state index is 12.4. The van der Waals surface area contributed by atoms with E-state index in [2.05, 4.69) is 24.5 Å². The van der Waals surface area contributed by atoms with Crippen LogP contribution in [0.3, 0.4) is 0 Å². The molecule has 2 N–H and O–H groups in total. The highest BCUT2D eigenvalue weighted by atomic mass is 16.2. The number of hydrogen-bond acceptors (Lipinski definition) is 3. The predicted octanol–water partition coefficient (Wildman–Crippen LogP) is 2.40. The number of rotatable bonds is 4. The van der Waals surface area contributed by atoms with Gasteiger partial charge in [0.2, 0.25) is 5.91 Å². The minimum absolute atomic E-state index is 0.155. The second-order valence-electron chi connectivity index (χ2n) is 5.36. The fourth-order valence-electron chi connectivity index (χ4n) is 2.32. The van der Waals surface area contributed by atoms with Gasteiger partial charge in [0.05, 0.1) is 11.4 Å². The molecule has 104 valence electrons. The summed E-state index contributed by atoms with van der Waals surface area (Å²) in [7, 11) is 1.89. The number of hydrogen-bond donors (Lipinski definition) is 2. The van der Waals surface area contributed by atoms with Gasteiger partial charge in [0.25, 0.3) is 0 Å². The second kappa shape index (κ2) is 5.95. The number of para-hydroxylation sites is 2. The van der Waals surface area contributed by atoms with Crippen LogP contribution in [-0.2, 0) is 4.79 Å². The molecule has 19 heavy (non-hydrogen) atoms. The lowest BCUT2D eigenvalue weighted by Gasteiger charge is -2.31. The molecule has 2 atom stereocenters. The minimum Gasteiger partial charge on any atom is -0.381 e. The van der Waals surface area contributed by atoms with Crippen molar-refractivity contribution in [2.45, 2.75) is 26.3 Å². The maximum absolute atomic E-state index is 12.4. The molecule has 0 spiro atoms. The van der Waals surface area contributed by atoms with Crippen molar-refractivity contribution >= 4 is 17.3 Å². The van der Waals surface area contributed by atoms with Gasteiger partial charge in [-0.05, 0) is 18.1 Å². The van der Waals surface area contributed by atoms with Gasteiger partial charge in [0, 0.05) is 20.1 Å². The van der Waals surface area contributed by atoms with Crippen LogP contribution in [0.25, 0.3) is 0 Å². The Morgan fingerprint density at radius 1 is 1.42 bits per heavy atom. The summed E-state index contributed by atoms with van der Waals surface area (Å²) >= 11 is 0. The molecule has 2 unspecified atom stereocenters. The molecule has 1 amide bonds. The van der Waals surface area contributed by atoms with Crippen LogP contribution >= 0.6 is 0 Å². The topological polar surface area (TPSA) is 44.4 Å². The van der Waals surface area contributed by atoms with Crippen LogP contribution in [0.2, 0.25) is 0 Å². The van der Waals surface area contributed by atoms with Crippen LogP contribution in [0.4, 0.5) is 11.4 Å². The molecule has 1 aliphatic heterocycles. The van der Waals surface area contributed by atoms with E-state index in [1.54, 1.807) is 0 Å². The third-order valence-electron chi connectivity index (χ3n) is 3.71. The lowest BCUT2D eigenvalue weighted by molar-refractivity contribution is -0.131. The van der Waals surface area contributed by atoms with Crippen molar-refractivity contribution in [3.63, 3.8) is 0 Å². The first-order valence-electron chi connectivity index (χ1n) is 6.96. The predicted molar refractivity (Wildman–Crippen MR) is 79.4 cm³/mol. The molecular formula is C15H23N3O. The summed E-state index contributed by atoms with van der Waals surface area (Å²) < 4.78 is 0. The van der Waals surface area contributed by atoms with E-state index < -0.39 is 0 Å². The van der Waals surface area contributed by atoms with Crippen LogP contribution in [0, 0.1) is 5.92 Å². The molecule has 0 aliphatic carbocycles. The summed E-state index contributed by atoms with van der Waals surface area (Å²) in [4.78, 5) is 14.2. The summed E-state index contributed by atoms with van der Waals surface area (Å²) in [5, 5.41) is 6.62. The average molecular weight is 261 g/mol. The highest BCUT2D eigenvalue weighted by Crippen LogP contribution is 2.25. The Labute approximate surface area is 115 Å². The van der Waals surface area contributed by atoms with Crippen molar-refractivity contribution < 1.29 is 4.79 Å². The standard InChI is InChI=1S/C15H23N3O/c1-4-11(2)10-18(3)15(19)14-9-16-12-7-5-6-8-13(12)17-14/h5-8,11,14,16-17H,4,9-10H2,1-3H3. The van der Waals surface area contributed by atoms with E-state index in [4.69, 9.17) is 0 Å². The van der Waals surface area contributed by atoms with Gasteiger partial charge < -0.3 is 15.5 Å². The highest BCUT2D eigenvalue weighted by molar-refractivity contribution is 5.88. The maximum Gasteiger partial charge on any atom is 0.246 e. The van der Waals surface area contributed by atoms with E-state index >= 15 is 0 Å². The van der Waals surface area contributed by atoms with Gasteiger partial charge in [0.1, 0.15) is 6.04 Å². The monoisotopic (exact) mass is 261 g/mol. The summed E-state index contributed by atoms with van der Waals surface area (Å²) in [5.41, 5.74) is 2.07. The Balaban J connectivity index is 1.98. The van der Waals surface area contributed by atoms with Crippen molar-refractivity contribution in [2.24, 2.45) is 5.92 Å². The molecule has 2 rings (SSSR count). The lowest BCUT2D eigenvalue weighted by atomic mass is 10.1. The summed E-state index contributed by atoms with van der Waals surface area (Å²) in [6.45, 7) is 5.78. The molecule has 0 bridgehead atoms. The fraction of sp³-hybridized carbons (Fsp3) is 0.533. The zero-order valence-electron chi connectivity index (χ0n) is 11.9. The molecule has 1 aliphatic rings. The van der Waals surface area contributed by atoms with E-state index in [-0.39, 0.29) is 11.9 Å². The average Bonchev–Trinajstić information content (AvgIpc) is 2.45. The van der Waals surface area contributed by atoms with Crippen LogP contribution in [0.5, 0.6) is 0 Å². The Morgan fingerprint density at radius 2 is 2.11 bits per heavy atom. The molecule has 0 aromatic heterocycles. The number of anilines is 2. The normalized spacial score (nSPS) is 18.8. The summed E-state index contributed by atoms with van der Waals surface area (Å²) in [6, 6.07) is 7.81. The molecule has 0 saturated heterocycles. The van der Waals surface area contributed by atoms with Gasteiger partial charge >= 0.3 is 0 Å². The summed E-state index contributed by atoms with van der Waals surface area (Å²) in [5.74, 6) is 0.695. The number of carbonyl (C=O) groups is 1. The van der Waals surface area contributed by atoms with Crippen molar-refractivity contribution in [3.8, 4) is 0 Å². The molecule has 0 fully saturated rings. The van der Waals surface area contributed by atoms with E-state index in [1.807, 2.05) is 36.2 Å². The van der Waals surface area contributed by atoms with E-state index in [0.717, 1.165) is 24.3 Å². The number of nitrogens with one attached hydrogen (secondary N) is 2. The first-order chi connectivity index (χ1) is 9.11. The highest BCUT2D eigenvalue weighted by Gasteiger charge is 2.26. The number of likely N-dealkylation sites (N-methyl/N-ethyl adjacent to an activating group) is 1. The number of benzene rings is 1. The van der Waals surface area contributed by atoms with E-state index in [1.165, 1.54) is 0 Å². The second-order valence-corrected chi connectivity index (χ2v) is 5.36. The number of carbonyl (C=O) groups excluding carboxylic acids is 1. The smallest absolute Gasteiger partial charge is 0.246 e. The van der Waals surface area contributed by atoms with Gasteiger partial charge in [-0.1, -0.05) is 32.4 Å². The van der Waals surface area contributed by atoms with Crippen LogP contribution in [0.1, 0.15) is 20.3 Å². The molecule has 0 saturated carbocycles. The van der Waals surface area contributed by atoms with E-state index in [9.17, 15) is 4.79 Å². The zero-order chi connectivity index (χ0) is 13.8. The largest absolute Gasteiger partial charge is 0.381 e. The molecule has 1 heterocycles. The van der Waals surface area contributed by atoms with Crippen molar-refractivity contribution in [1.82, 2.24) is 4.90 Å². The Morgan fingerprint density at radius 3 is 2.79 bits per heavy atom. The van der Waals surface area contributed by atoms with Gasteiger partial charge in [-0.3, -0.25) is 4.79 Å². The molecule has 0 radical (unpaired) electrons. The Kier molecular flexibility index (Phi) is 4.30. The van der Waals surface area contributed by atoms with Gasteiger partial charge in [-0.15, -0.1) is 0 Å². The van der Waals surface area contributed by atoms with Gasteiger partial charge in [-0.25, -0.2) is 0 Å². The fourth-order valence-corrected chi connectivity index (χ4v) is 2.32. The third kappa shape index (κ3) is 3.19. The van der Waals surface area contributed by atoms with Crippen LogP contribution in [-0.4, -0.2) is 37.0 Å². The lowest BCUT2D eigenvalue weighted by Crippen LogP contribution is -2.47. The van der Waals surface area contributed by atoms with Gasteiger partial charge in [-0.2, -0.15) is 0 Å². The van der Waals surface area contributed by atoms with Crippen molar-refractivity contribution in [2.75, 3.05) is 30.8 Å². The summed E-state index contributed by atoms with van der Waals surface area (Å²) in [6.07, 6.45) is 1.09. The number of fused-ring (bicyclic) bond motifs is 1. The van der Waals surface area contributed by atoms with Crippen LogP contribution in [0.15, 0.2) is 24.3 Å². The van der Waals surface area contributed by atoms with Crippen molar-refractivity contribution in [3.05, 3.63) is 24.3 Å². The zero-order valence-corrected chi connectivity index (χ0v) is 11.9. The Hall–Kier alpha value is -1.71. The van der Waals surface area contributed by atoms with E-state index in [0.29, 0.717) is 12.5 Å². The minimum atomic E-state index is -0.177. The quantitative estimate of drug-likeness (QED) is 0.874. The third-order valence-corrected chi connectivity index (χ3v) is 3.71. The first kappa shape index (κ1) is 13.7. The number of nitrogens with zero attached hydrogens (tertiary/aromatic N) is 1. The molecule has 4 nitrogen and oxygen atoms in total. The SMILES string of the molecule is CCC(C)CN(C)C(=O)C1CNc2ccccc2N1. The van der Waals surface area contributed by atoms with Gasteiger partial charge in [0.15, 0.2) is 0 Å². The molecule has 1 aromatic carbocycles. The van der Waals surface area contributed by atoms with Crippen molar-refractivity contribution in [1.29, 1.82) is 0 Å². The Bertz CT molecular complexity index is 447. The van der Waals surface area contributed by atoms with Crippen LogP contribution < -0.4 is 10.6 Å². The number of amides is 1.